The first-order valence-electron chi connectivity index (χ1n) is 7.71. The maximum absolute atomic E-state index is 10.9. The number of benzene rings is 2. The van der Waals surface area contributed by atoms with E-state index in [-0.39, 0.29) is 0 Å². The van der Waals surface area contributed by atoms with E-state index in [2.05, 4.69) is 9.80 Å². The monoisotopic (exact) mass is 312 g/mol. The van der Waals surface area contributed by atoms with Gasteiger partial charge in [0.15, 0.2) is 0 Å². The topological polar surface area (TPSA) is 64.0 Å². The second kappa shape index (κ2) is 6.71. The van der Waals surface area contributed by atoms with Crippen molar-refractivity contribution in [2.45, 2.75) is 6.54 Å². The lowest BCUT2D eigenvalue weighted by Gasteiger charge is -2.36. The summed E-state index contributed by atoms with van der Waals surface area (Å²) >= 11 is 0. The highest BCUT2D eigenvalue weighted by atomic mass is 16.4. The van der Waals surface area contributed by atoms with Crippen molar-refractivity contribution in [1.82, 2.24) is 4.90 Å². The molecule has 0 aromatic heterocycles. The molecule has 1 heterocycles. The van der Waals surface area contributed by atoms with E-state index in [9.17, 15) is 9.90 Å². The largest absolute Gasteiger partial charge is 0.506 e. The lowest BCUT2D eigenvalue weighted by Crippen LogP contribution is -2.45. The molecular formula is C18H20N2O3. The van der Waals surface area contributed by atoms with Crippen LogP contribution >= 0.6 is 0 Å². The first-order valence-corrected chi connectivity index (χ1v) is 7.71. The van der Waals surface area contributed by atoms with E-state index in [0.717, 1.165) is 44.0 Å². The predicted molar refractivity (Wildman–Crippen MR) is 89.0 cm³/mol. The lowest BCUT2D eigenvalue weighted by molar-refractivity contribution is 0.0697. The van der Waals surface area contributed by atoms with Gasteiger partial charge in [0.25, 0.3) is 0 Å². The molecule has 0 radical (unpaired) electrons. The summed E-state index contributed by atoms with van der Waals surface area (Å²) in [7, 11) is 0. The zero-order valence-electron chi connectivity index (χ0n) is 12.9. The molecule has 0 aliphatic carbocycles. The van der Waals surface area contributed by atoms with Crippen LogP contribution in [0.1, 0.15) is 15.9 Å². The van der Waals surface area contributed by atoms with Gasteiger partial charge in [0, 0.05) is 32.7 Å². The Balaban J connectivity index is 1.57. The van der Waals surface area contributed by atoms with Gasteiger partial charge in [-0.05, 0) is 29.8 Å². The molecular weight excluding hydrogens is 292 g/mol. The van der Waals surface area contributed by atoms with Crippen LogP contribution < -0.4 is 4.90 Å². The molecule has 0 amide bonds. The molecule has 1 aliphatic rings. The first-order chi connectivity index (χ1) is 11.1. The Morgan fingerprint density at radius 2 is 1.61 bits per heavy atom. The van der Waals surface area contributed by atoms with E-state index in [1.807, 2.05) is 30.3 Å². The fourth-order valence-electron chi connectivity index (χ4n) is 2.89. The van der Waals surface area contributed by atoms with Gasteiger partial charge in [0.2, 0.25) is 0 Å². The third-order valence-electron chi connectivity index (χ3n) is 4.20. The Morgan fingerprint density at radius 3 is 2.22 bits per heavy atom. The number of phenolic OH excluding ortho intramolecular Hbond substituents is 1. The molecule has 0 bridgehead atoms. The van der Waals surface area contributed by atoms with Crippen molar-refractivity contribution >= 4 is 11.7 Å². The van der Waals surface area contributed by atoms with Crippen molar-refractivity contribution < 1.29 is 15.0 Å². The summed E-state index contributed by atoms with van der Waals surface area (Å²) < 4.78 is 0. The molecule has 5 nitrogen and oxygen atoms in total. The van der Waals surface area contributed by atoms with Crippen molar-refractivity contribution in [3.8, 4) is 5.75 Å². The quantitative estimate of drug-likeness (QED) is 0.908. The van der Waals surface area contributed by atoms with Gasteiger partial charge in [-0.1, -0.05) is 24.3 Å². The molecule has 0 saturated carbocycles. The molecule has 2 aromatic carbocycles. The molecule has 2 aromatic rings. The number of nitrogens with zero attached hydrogens (tertiary/aromatic N) is 2. The van der Waals surface area contributed by atoms with Crippen LogP contribution in [0.5, 0.6) is 5.75 Å². The number of para-hydroxylation sites is 2. The maximum atomic E-state index is 10.9. The first kappa shape index (κ1) is 15.4. The van der Waals surface area contributed by atoms with Gasteiger partial charge < -0.3 is 15.1 Å². The van der Waals surface area contributed by atoms with Crippen molar-refractivity contribution in [2.24, 2.45) is 0 Å². The highest BCUT2D eigenvalue weighted by Gasteiger charge is 2.19. The molecule has 1 saturated heterocycles. The minimum atomic E-state index is -0.896. The van der Waals surface area contributed by atoms with Crippen molar-refractivity contribution in [1.29, 1.82) is 0 Å². The van der Waals surface area contributed by atoms with Crippen LogP contribution in [0.3, 0.4) is 0 Å². The summed E-state index contributed by atoms with van der Waals surface area (Å²) in [5.41, 5.74) is 2.32. The van der Waals surface area contributed by atoms with Gasteiger partial charge in [-0.2, -0.15) is 0 Å². The van der Waals surface area contributed by atoms with E-state index in [0.29, 0.717) is 11.3 Å². The summed E-state index contributed by atoms with van der Waals surface area (Å²) in [6, 6.07) is 14.5. The molecule has 5 heteroatoms. The molecule has 120 valence electrons. The number of carbonyl (C=O) groups is 1. The minimum Gasteiger partial charge on any atom is -0.506 e. The SMILES string of the molecule is O=C(O)c1ccc(CN2CCN(c3ccccc3O)CC2)cc1. The maximum Gasteiger partial charge on any atom is 0.335 e. The number of carboxylic acid groups (broad SMARTS) is 1. The van der Waals surface area contributed by atoms with E-state index in [4.69, 9.17) is 5.11 Å². The summed E-state index contributed by atoms with van der Waals surface area (Å²) in [4.78, 5) is 15.4. The fourth-order valence-corrected chi connectivity index (χ4v) is 2.89. The molecule has 1 fully saturated rings. The van der Waals surface area contributed by atoms with Crippen LogP contribution in [-0.2, 0) is 6.54 Å². The normalized spacial score (nSPS) is 15.6. The molecule has 0 spiro atoms. The van der Waals surface area contributed by atoms with Crippen LogP contribution in [0.25, 0.3) is 0 Å². The third-order valence-corrected chi connectivity index (χ3v) is 4.20. The number of phenols is 1. The van der Waals surface area contributed by atoms with Crippen molar-refractivity contribution in [2.75, 3.05) is 31.1 Å². The van der Waals surface area contributed by atoms with Gasteiger partial charge in [0.1, 0.15) is 5.75 Å². The zero-order chi connectivity index (χ0) is 16.2. The number of rotatable bonds is 4. The summed E-state index contributed by atoms with van der Waals surface area (Å²) in [5, 5.41) is 18.9. The Morgan fingerprint density at radius 1 is 0.957 bits per heavy atom. The van der Waals surface area contributed by atoms with Crippen LogP contribution in [0.4, 0.5) is 5.69 Å². The molecule has 23 heavy (non-hydrogen) atoms. The van der Waals surface area contributed by atoms with Crippen LogP contribution in [-0.4, -0.2) is 47.3 Å². The van der Waals surface area contributed by atoms with Crippen molar-refractivity contribution in [3.63, 3.8) is 0 Å². The predicted octanol–water partition coefficient (Wildman–Crippen LogP) is 2.41. The van der Waals surface area contributed by atoms with Crippen LogP contribution in [0.2, 0.25) is 0 Å². The number of carboxylic acids is 1. The molecule has 0 atom stereocenters. The molecule has 0 unspecified atom stereocenters. The third kappa shape index (κ3) is 3.63. The number of hydrogen-bond acceptors (Lipinski definition) is 4. The summed E-state index contributed by atoms with van der Waals surface area (Å²) in [6.45, 7) is 4.37. The van der Waals surface area contributed by atoms with Crippen LogP contribution in [0, 0.1) is 0 Å². The molecule has 1 aliphatic heterocycles. The summed E-state index contributed by atoms with van der Waals surface area (Å²) in [5.74, 6) is -0.571. The van der Waals surface area contributed by atoms with E-state index >= 15 is 0 Å². The van der Waals surface area contributed by atoms with Gasteiger partial charge >= 0.3 is 5.97 Å². The summed E-state index contributed by atoms with van der Waals surface area (Å²) in [6.07, 6.45) is 0. The second-order valence-corrected chi connectivity index (χ2v) is 5.75. The Hall–Kier alpha value is -2.53. The smallest absolute Gasteiger partial charge is 0.335 e. The Bertz CT molecular complexity index is 677. The van der Waals surface area contributed by atoms with E-state index < -0.39 is 5.97 Å². The minimum absolute atomic E-state index is 0.318. The number of hydrogen-bond donors (Lipinski definition) is 2. The highest BCUT2D eigenvalue weighted by Crippen LogP contribution is 2.27. The second-order valence-electron chi connectivity index (χ2n) is 5.75. The lowest BCUT2D eigenvalue weighted by atomic mass is 10.1. The standard InChI is InChI=1S/C18H20N2O3/c21-17-4-2-1-3-16(17)20-11-9-19(10-12-20)13-14-5-7-15(8-6-14)18(22)23/h1-8,21H,9-13H2,(H,22,23). The average molecular weight is 312 g/mol. The van der Waals surface area contributed by atoms with Gasteiger partial charge in [-0.25, -0.2) is 4.79 Å². The molecule has 3 rings (SSSR count). The van der Waals surface area contributed by atoms with Crippen LogP contribution in [0.15, 0.2) is 48.5 Å². The van der Waals surface area contributed by atoms with Crippen molar-refractivity contribution in [3.05, 3.63) is 59.7 Å². The Kier molecular flexibility index (Phi) is 4.48. The average Bonchev–Trinajstić information content (AvgIpc) is 2.57. The van der Waals surface area contributed by atoms with E-state index in [1.54, 1.807) is 18.2 Å². The van der Waals surface area contributed by atoms with Gasteiger partial charge in [-0.15, -0.1) is 0 Å². The molecule has 2 N–H and O–H groups in total. The number of aromatic hydroxyl groups is 1. The van der Waals surface area contributed by atoms with E-state index in [1.165, 1.54) is 0 Å². The van der Waals surface area contributed by atoms with Gasteiger partial charge in [0.05, 0.1) is 11.3 Å². The highest BCUT2D eigenvalue weighted by molar-refractivity contribution is 5.87. The number of aromatic carboxylic acids is 1. The fraction of sp³-hybridized carbons (Fsp3) is 0.278. The Labute approximate surface area is 135 Å². The van der Waals surface area contributed by atoms with Gasteiger partial charge in [-0.3, -0.25) is 4.90 Å². The zero-order valence-corrected chi connectivity index (χ0v) is 12.9. The number of piperazine rings is 1. The number of anilines is 1.